The van der Waals surface area contributed by atoms with E-state index in [1.165, 1.54) is 10.8 Å². The van der Waals surface area contributed by atoms with Gasteiger partial charge in [-0.05, 0) is 18.6 Å². The quantitative estimate of drug-likeness (QED) is 0.340. The van der Waals surface area contributed by atoms with Crippen molar-refractivity contribution in [2.24, 2.45) is 0 Å². The van der Waals surface area contributed by atoms with E-state index >= 15 is 0 Å². The fraction of sp³-hybridized carbons (Fsp3) is 0.440. The summed E-state index contributed by atoms with van der Waals surface area (Å²) < 4.78 is 18.2. The van der Waals surface area contributed by atoms with E-state index in [2.05, 4.69) is 47.7 Å². The zero-order valence-corrected chi connectivity index (χ0v) is 21.5. The fourth-order valence-electron chi connectivity index (χ4n) is 4.37. The number of hydrogen-bond acceptors (Lipinski definition) is 11. The molecular weight excluding hydrogens is 474 g/mol. The number of nitrogens with zero attached hydrogens (tertiary/aromatic N) is 8. The highest BCUT2D eigenvalue weighted by Crippen LogP contribution is 2.33. The Morgan fingerprint density at radius 3 is 2.70 bits per heavy atom. The molecule has 0 bridgehead atoms. The predicted molar refractivity (Wildman–Crippen MR) is 141 cm³/mol. The van der Waals surface area contributed by atoms with Crippen LogP contribution in [0.5, 0.6) is 11.5 Å². The first-order chi connectivity index (χ1) is 18.1. The number of oxazole rings is 1. The Labute approximate surface area is 215 Å². The minimum atomic E-state index is 0.262. The Bertz CT molecular complexity index is 1320. The van der Waals surface area contributed by atoms with Crippen LogP contribution in [0.15, 0.2) is 41.1 Å². The van der Waals surface area contributed by atoms with Gasteiger partial charge in [0, 0.05) is 58.4 Å². The highest BCUT2D eigenvalue weighted by molar-refractivity contribution is 5.61. The maximum Gasteiger partial charge on any atom is 0.266 e. The van der Waals surface area contributed by atoms with Gasteiger partial charge in [0.05, 0.1) is 25.6 Å². The van der Waals surface area contributed by atoms with Gasteiger partial charge in [0.2, 0.25) is 11.8 Å². The van der Waals surface area contributed by atoms with Crippen molar-refractivity contribution in [3.05, 3.63) is 36.7 Å². The molecule has 12 nitrogen and oxygen atoms in total. The van der Waals surface area contributed by atoms with Crippen LogP contribution >= 0.6 is 0 Å². The number of anilines is 3. The number of fused-ring (bicyclic) bond motifs is 1. The summed E-state index contributed by atoms with van der Waals surface area (Å²) in [6.07, 6.45) is 4.01. The first-order valence-electron chi connectivity index (χ1n) is 12.5. The predicted octanol–water partition coefficient (Wildman–Crippen LogP) is 2.42. The van der Waals surface area contributed by atoms with E-state index in [0.717, 1.165) is 68.7 Å². The maximum atomic E-state index is 6.17. The second-order valence-corrected chi connectivity index (χ2v) is 8.95. The van der Waals surface area contributed by atoms with Crippen molar-refractivity contribution in [3.8, 4) is 23.2 Å². The molecule has 1 aliphatic heterocycles. The summed E-state index contributed by atoms with van der Waals surface area (Å²) in [6, 6.07) is 7.96. The van der Waals surface area contributed by atoms with Crippen molar-refractivity contribution in [3.63, 3.8) is 0 Å². The standard InChI is InChI=1S/C25H33N9O3/c1-4-14-36-18-5-6-19(20(16-18)35-3)33-12-10-32(11-13-33)9-8-31(2)21-17-22-28-23(24-27-7-15-37-24)30-34(22)25(26)29-21/h5-7,15-17H,4,8-14H2,1-3H3,(H2,26,29). The highest BCUT2D eigenvalue weighted by atomic mass is 16.5. The van der Waals surface area contributed by atoms with E-state index in [-0.39, 0.29) is 5.95 Å². The van der Waals surface area contributed by atoms with Crippen LogP contribution in [0.2, 0.25) is 0 Å². The van der Waals surface area contributed by atoms with Crippen LogP contribution in [0.25, 0.3) is 17.4 Å². The lowest BCUT2D eigenvalue weighted by atomic mass is 10.2. The molecule has 0 saturated carbocycles. The molecule has 0 atom stereocenters. The monoisotopic (exact) mass is 507 g/mol. The SMILES string of the molecule is CCCOc1ccc(N2CCN(CCN(C)c3cc4nc(-c5ncco5)nn4c(N)n3)CC2)c(OC)c1. The molecule has 1 saturated heterocycles. The topological polar surface area (TPSA) is 123 Å². The van der Waals surface area contributed by atoms with Crippen LogP contribution in [0.4, 0.5) is 17.5 Å². The fourth-order valence-corrected chi connectivity index (χ4v) is 4.37. The van der Waals surface area contributed by atoms with Crippen LogP contribution < -0.4 is 25.0 Å². The highest BCUT2D eigenvalue weighted by Gasteiger charge is 2.21. The minimum Gasteiger partial charge on any atom is -0.494 e. The smallest absolute Gasteiger partial charge is 0.266 e. The van der Waals surface area contributed by atoms with Crippen LogP contribution in [-0.2, 0) is 0 Å². The lowest BCUT2D eigenvalue weighted by Crippen LogP contribution is -2.48. The molecule has 0 radical (unpaired) electrons. The number of methoxy groups -OCH3 is 1. The van der Waals surface area contributed by atoms with Crippen molar-refractivity contribution in [2.75, 3.05) is 75.6 Å². The van der Waals surface area contributed by atoms with Crippen molar-refractivity contribution in [2.45, 2.75) is 13.3 Å². The molecule has 196 valence electrons. The number of hydrogen-bond donors (Lipinski definition) is 1. The molecule has 3 aromatic heterocycles. The molecule has 1 fully saturated rings. The number of aromatic nitrogens is 5. The second-order valence-electron chi connectivity index (χ2n) is 8.95. The van der Waals surface area contributed by atoms with Gasteiger partial charge >= 0.3 is 0 Å². The molecule has 4 aromatic rings. The van der Waals surface area contributed by atoms with E-state index < -0.39 is 0 Å². The Morgan fingerprint density at radius 1 is 1.14 bits per heavy atom. The van der Waals surface area contributed by atoms with E-state index in [1.54, 1.807) is 13.3 Å². The summed E-state index contributed by atoms with van der Waals surface area (Å²) in [5, 5.41) is 4.35. The Morgan fingerprint density at radius 2 is 1.97 bits per heavy atom. The van der Waals surface area contributed by atoms with Crippen LogP contribution in [-0.4, -0.2) is 89.5 Å². The number of nitrogens with two attached hydrogens (primary N) is 1. The summed E-state index contributed by atoms with van der Waals surface area (Å²) >= 11 is 0. The van der Waals surface area contributed by atoms with Crippen molar-refractivity contribution < 1.29 is 13.9 Å². The molecule has 1 aromatic carbocycles. The zero-order valence-electron chi connectivity index (χ0n) is 21.5. The first kappa shape index (κ1) is 24.6. The first-order valence-corrected chi connectivity index (χ1v) is 12.5. The Kier molecular flexibility index (Phi) is 7.26. The lowest BCUT2D eigenvalue weighted by molar-refractivity contribution is 0.262. The lowest BCUT2D eigenvalue weighted by Gasteiger charge is -2.37. The maximum absolute atomic E-state index is 6.17. The summed E-state index contributed by atoms with van der Waals surface area (Å²) in [6.45, 7) is 8.29. The van der Waals surface area contributed by atoms with Gasteiger partial charge in [0.25, 0.3) is 5.89 Å². The minimum absolute atomic E-state index is 0.262. The Balaban J connectivity index is 1.17. The van der Waals surface area contributed by atoms with Crippen molar-refractivity contribution in [1.29, 1.82) is 0 Å². The molecular formula is C25H33N9O3. The third-order valence-corrected chi connectivity index (χ3v) is 6.44. The molecule has 0 aliphatic carbocycles. The van der Waals surface area contributed by atoms with Gasteiger partial charge in [0.15, 0.2) is 5.65 Å². The summed E-state index contributed by atoms with van der Waals surface area (Å²) in [5.41, 5.74) is 7.86. The van der Waals surface area contributed by atoms with Gasteiger partial charge in [-0.15, -0.1) is 5.10 Å². The third kappa shape index (κ3) is 5.38. The average molecular weight is 508 g/mol. The number of ether oxygens (including phenoxy) is 2. The van der Waals surface area contributed by atoms with Crippen LogP contribution in [0, 0.1) is 0 Å². The van der Waals surface area contributed by atoms with Gasteiger partial charge in [-0.25, -0.2) is 9.97 Å². The summed E-state index contributed by atoms with van der Waals surface area (Å²) in [7, 11) is 3.72. The Hall–Kier alpha value is -4.06. The van der Waals surface area contributed by atoms with Gasteiger partial charge in [0.1, 0.15) is 23.6 Å². The molecule has 0 unspecified atom stereocenters. The molecule has 37 heavy (non-hydrogen) atoms. The number of rotatable bonds is 10. The van der Waals surface area contributed by atoms with E-state index in [0.29, 0.717) is 24.0 Å². The molecule has 2 N–H and O–H groups in total. The number of benzene rings is 1. The molecule has 0 spiro atoms. The van der Waals surface area contributed by atoms with E-state index in [4.69, 9.17) is 19.6 Å². The van der Waals surface area contributed by atoms with Crippen molar-refractivity contribution in [1.82, 2.24) is 29.5 Å². The van der Waals surface area contributed by atoms with E-state index in [1.807, 2.05) is 25.2 Å². The van der Waals surface area contributed by atoms with Crippen LogP contribution in [0.3, 0.4) is 0 Å². The summed E-state index contributed by atoms with van der Waals surface area (Å²) in [4.78, 5) is 20.0. The summed E-state index contributed by atoms with van der Waals surface area (Å²) in [5.74, 6) is 3.41. The molecule has 5 rings (SSSR count). The molecule has 12 heteroatoms. The largest absolute Gasteiger partial charge is 0.494 e. The molecule has 0 amide bonds. The average Bonchev–Trinajstić information content (AvgIpc) is 3.61. The van der Waals surface area contributed by atoms with Gasteiger partial charge in [-0.1, -0.05) is 6.92 Å². The second kappa shape index (κ2) is 10.9. The number of nitrogen functional groups attached to an aromatic ring is 1. The number of likely N-dealkylation sites (N-methyl/N-ethyl adjacent to an activating group) is 1. The van der Waals surface area contributed by atoms with Gasteiger partial charge in [-0.2, -0.15) is 9.50 Å². The van der Waals surface area contributed by atoms with Gasteiger partial charge < -0.3 is 29.4 Å². The molecule has 4 heterocycles. The molecule has 1 aliphatic rings. The normalized spacial score (nSPS) is 14.3. The van der Waals surface area contributed by atoms with Crippen molar-refractivity contribution >= 4 is 23.1 Å². The van der Waals surface area contributed by atoms with Gasteiger partial charge in [-0.3, -0.25) is 4.90 Å². The number of piperazine rings is 1. The zero-order chi connectivity index (χ0) is 25.8. The third-order valence-electron chi connectivity index (χ3n) is 6.44. The van der Waals surface area contributed by atoms with Crippen LogP contribution in [0.1, 0.15) is 13.3 Å². The van der Waals surface area contributed by atoms with E-state index in [9.17, 15) is 0 Å².